The molecule has 6 heteroatoms. The maximum absolute atomic E-state index is 12.2. The topological polar surface area (TPSA) is 66.0 Å². The number of likely N-dealkylation sites (tertiary alicyclic amines) is 1. The number of nitrogens with zero attached hydrogens (tertiary/aromatic N) is 2. The lowest BCUT2D eigenvalue weighted by molar-refractivity contribution is -0.133. The summed E-state index contributed by atoms with van der Waals surface area (Å²) in [4.78, 5) is 18.4. The lowest BCUT2D eigenvalue weighted by Crippen LogP contribution is -2.48. The smallest absolute Gasteiger partial charge is 0.225 e. The van der Waals surface area contributed by atoms with Crippen molar-refractivity contribution in [2.75, 3.05) is 33.8 Å². The number of carbonyl (C=O) groups is 1. The van der Waals surface area contributed by atoms with Gasteiger partial charge in [0.05, 0.1) is 7.11 Å². The largest absolute Gasteiger partial charge is 0.497 e. The van der Waals surface area contributed by atoms with Crippen molar-refractivity contribution in [2.45, 2.75) is 45.6 Å². The van der Waals surface area contributed by atoms with Crippen LogP contribution in [0.1, 0.15) is 39.7 Å². The van der Waals surface area contributed by atoms with E-state index in [9.17, 15) is 4.79 Å². The van der Waals surface area contributed by atoms with Gasteiger partial charge in [-0.05, 0) is 24.1 Å². The summed E-state index contributed by atoms with van der Waals surface area (Å²) in [5.41, 5.74) is 1.13. The van der Waals surface area contributed by atoms with Crippen LogP contribution in [0.2, 0.25) is 0 Å². The molecule has 150 valence electrons. The number of benzene rings is 1. The van der Waals surface area contributed by atoms with Gasteiger partial charge in [-0.2, -0.15) is 0 Å². The van der Waals surface area contributed by atoms with Crippen LogP contribution in [0.5, 0.6) is 5.75 Å². The molecular weight excluding hydrogens is 340 g/mol. The van der Waals surface area contributed by atoms with E-state index in [-0.39, 0.29) is 23.3 Å². The van der Waals surface area contributed by atoms with E-state index in [1.165, 1.54) is 5.56 Å². The Morgan fingerprint density at radius 3 is 2.78 bits per heavy atom. The average molecular weight is 375 g/mol. The van der Waals surface area contributed by atoms with Gasteiger partial charge in [0, 0.05) is 44.1 Å². The molecule has 1 unspecified atom stereocenters. The molecule has 0 bridgehead atoms. The van der Waals surface area contributed by atoms with Gasteiger partial charge in [0.2, 0.25) is 5.91 Å². The fraction of sp³-hybridized carbons (Fsp3) is 0.619. The van der Waals surface area contributed by atoms with Crippen molar-refractivity contribution in [2.24, 2.45) is 10.9 Å². The first-order valence-corrected chi connectivity index (χ1v) is 9.67. The van der Waals surface area contributed by atoms with E-state index in [1.807, 2.05) is 30.9 Å². The van der Waals surface area contributed by atoms with Crippen molar-refractivity contribution in [1.29, 1.82) is 0 Å². The predicted molar refractivity (Wildman–Crippen MR) is 110 cm³/mol. The number of rotatable bonds is 6. The summed E-state index contributed by atoms with van der Waals surface area (Å²) in [5, 5.41) is 6.89. The Balaban J connectivity index is 1.91. The summed E-state index contributed by atoms with van der Waals surface area (Å²) in [6.45, 7) is 10.6. The number of carbonyl (C=O) groups excluding carboxylic acids is 1. The Morgan fingerprint density at radius 1 is 1.41 bits per heavy atom. The van der Waals surface area contributed by atoms with E-state index in [4.69, 9.17) is 4.74 Å². The maximum atomic E-state index is 12.2. The van der Waals surface area contributed by atoms with Crippen LogP contribution in [0.15, 0.2) is 29.3 Å². The van der Waals surface area contributed by atoms with Gasteiger partial charge in [-0.25, -0.2) is 0 Å². The second-order valence-corrected chi connectivity index (χ2v) is 8.11. The molecule has 1 aliphatic rings. The molecule has 1 amide bonds. The van der Waals surface area contributed by atoms with Crippen LogP contribution in [0.3, 0.4) is 0 Å². The van der Waals surface area contributed by atoms with Gasteiger partial charge in [0.25, 0.3) is 0 Å². The molecule has 2 N–H and O–H groups in total. The Hall–Kier alpha value is -2.24. The van der Waals surface area contributed by atoms with E-state index in [1.54, 1.807) is 14.2 Å². The van der Waals surface area contributed by atoms with Gasteiger partial charge in [0.15, 0.2) is 5.96 Å². The molecule has 0 radical (unpaired) electrons. The fourth-order valence-corrected chi connectivity index (χ4v) is 3.28. The number of amides is 1. The van der Waals surface area contributed by atoms with Gasteiger partial charge in [-0.15, -0.1) is 0 Å². The Morgan fingerprint density at radius 2 is 2.15 bits per heavy atom. The molecule has 27 heavy (non-hydrogen) atoms. The summed E-state index contributed by atoms with van der Waals surface area (Å²) in [5.74, 6) is 1.91. The lowest BCUT2D eigenvalue weighted by atomic mass is 9.84. The van der Waals surface area contributed by atoms with Crippen LogP contribution in [0.4, 0.5) is 0 Å². The zero-order valence-corrected chi connectivity index (χ0v) is 17.5. The van der Waals surface area contributed by atoms with Gasteiger partial charge in [-0.1, -0.05) is 39.8 Å². The summed E-state index contributed by atoms with van der Waals surface area (Å²) < 4.78 is 5.34. The normalized spacial score (nSPS) is 18.0. The highest BCUT2D eigenvalue weighted by Gasteiger charge is 2.28. The first kappa shape index (κ1) is 21.1. The van der Waals surface area contributed by atoms with Gasteiger partial charge in [0.1, 0.15) is 5.75 Å². The van der Waals surface area contributed by atoms with Crippen molar-refractivity contribution in [3.63, 3.8) is 0 Å². The second kappa shape index (κ2) is 9.11. The highest BCUT2D eigenvalue weighted by atomic mass is 16.5. The van der Waals surface area contributed by atoms with Gasteiger partial charge < -0.3 is 20.3 Å². The standard InChI is InChI=1S/C21H34N4O2/c1-15(2)19(26)25-11-10-17(13-25)24-20(22-5)23-14-21(3,4)16-8-7-9-18(12-16)27-6/h7-9,12,15,17H,10-11,13-14H2,1-6H3,(H2,22,23,24). The van der Waals surface area contributed by atoms with Crippen LogP contribution >= 0.6 is 0 Å². The molecule has 1 saturated heterocycles. The van der Waals surface area contributed by atoms with E-state index in [2.05, 4.69) is 41.6 Å². The quantitative estimate of drug-likeness (QED) is 0.593. The van der Waals surface area contributed by atoms with Crippen LogP contribution in [0, 0.1) is 5.92 Å². The summed E-state index contributed by atoms with van der Waals surface area (Å²) in [7, 11) is 3.46. The molecule has 0 aromatic heterocycles. The predicted octanol–water partition coefficient (Wildman–Crippen LogP) is 2.39. The third-order valence-corrected chi connectivity index (χ3v) is 5.11. The van der Waals surface area contributed by atoms with E-state index < -0.39 is 0 Å². The van der Waals surface area contributed by atoms with Crippen molar-refractivity contribution in [3.05, 3.63) is 29.8 Å². The van der Waals surface area contributed by atoms with E-state index in [0.717, 1.165) is 37.8 Å². The van der Waals surface area contributed by atoms with Crippen molar-refractivity contribution < 1.29 is 9.53 Å². The van der Waals surface area contributed by atoms with Crippen LogP contribution < -0.4 is 15.4 Å². The molecule has 0 spiro atoms. The minimum atomic E-state index is -0.0819. The zero-order chi connectivity index (χ0) is 20.0. The van der Waals surface area contributed by atoms with Crippen molar-refractivity contribution >= 4 is 11.9 Å². The molecule has 2 rings (SSSR count). The number of guanidine groups is 1. The van der Waals surface area contributed by atoms with Crippen molar-refractivity contribution in [1.82, 2.24) is 15.5 Å². The Labute approximate surface area is 163 Å². The SMILES string of the molecule is CN=C(NCC(C)(C)c1cccc(OC)c1)NC1CCN(C(=O)C(C)C)C1. The average Bonchev–Trinajstić information content (AvgIpc) is 3.12. The molecule has 1 aromatic rings. The third kappa shape index (κ3) is 5.62. The highest BCUT2D eigenvalue weighted by molar-refractivity contribution is 5.81. The molecule has 1 fully saturated rings. The first-order valence-electron chi connectivity index (χ1n) is 9.67. The monoisotopic (exact) mass is 374 g/mol. The Bertz CT molecular complexity index is 670. The fourth-order valence-electron chi connectivity index (χ4n) is 3.28. The molecule has 1 aliphatic heterocycles. The lowest BCUT2D eigenvalue weighted by Gasteiger charge is -2.28. The number of ether oxygens (including phenoxy) is 1. The van der Waals surface area contributed by atoms with Crippen molar-refractivity contribution in [3.8, 4) is 5.75 Å². The van der Waals surface area contributed by atoms with E-state index in [0.29, 0.717) is 0 Å². The maximum Gasteiger partial charge on any atom is 0.225 e. The van der Waals surface area contributed by atoms with Crippen LogP contribution in [0.25, 0.3) is 0 Å². The highest BCUT2D eigenvalue weighted by Crippen LogP contribution is 2.25. The number of hydrogen-bond donors (Lipinski definition) is 2. The molecule has 1 aromatic carbocycles. The summed E-state index contributed by atoms with van der Waals surface area (Å²) in [6.07, 6.45) is 0.943. The second-order valence-electron chi connectivity index (χ2n) is 8.11. The molecule has 1 atom stereocenters. The Kier molecular flexibility index (Phi) is 7.11. The van der Waals surface area contributed by atoms with Gasteiger partial charge >= 0.3 is 0 Å². The first-order chi connectivity index (χ1) is 12.8. The molecule has 6 nitrogen and oxygen atoms in total. The minimum Gasteiger partial charge on any atom is -0.497 e. The van der Waals surface area contributed by atoms with Crippen LogP contribution in [-0.4, -0.2) is 56.6 Å². The number of hydrogen-bond acceptors (Lipinski definition) is 3. The van der Waals surface area contributed by atoms with Gasteiger partial charge in [-0.3, -0.25) is 9.79 Å². The van der Waals surface area contributed by atoms with E-state index >= 15 is 0 Å². The number of aliphatic imine (C=N–C) groups is 1. The molecular formula is C21H34N4O2. The third-order valence-electron chi connectivity index (χ3n) is 5.11. The summed E-state index contributed by atoms with van der Waals surface area (Å²) >= 11 is 0. The summed E-state index contributed by atoms with van der Waals surface area (Å²) in [6, 6.07) is 8.40. The zero-order valence-electron chi connectivity index (χ0n) is 17.5. The molecule has 1 heterocycles. The van der Waals surface area contributed by atoms with Crippen LogP contribution in [-0.2, 0) is 10.2 Å². The number of nitrogens with one attached hydrogen (secondary N) is 2. The number of methoxy groups -OCH3 is 1. The molecule has 0 aliphatic carbocycles. The minimum absolute atomic E-state index is 0.0462. The molecule has 0 saturated carbocycles.